The summed E-state index contributed by atoms with van der Waals surface area (Å²) >= 11 is 0. The maximum atomic E-state index is 11.8. The Kier molecular flexibility index (Phi) is 4.07. The molecule has 2 N–H and O–H groups in total. The predicted octanol–water partition coefficient (Wildman–Crippen LogP) is 0.666. The van der Waals surface area contributed by atoms with Gasteiger partial charge in [-0.05, 0) is 32.4 Å². The molecule has 1 heterocycles. The second-order valence-corrected chi connectivity index (χ2v) is 3.73. The van der Waals surface area contributed by atoms with Gasteiger partial charge in [0, 0.05) is 5.92 Å². The maximum Gasteiger partial charge on any atom is 0.314 e. The van der Waals surface area contributed by atoms with Gasteiger partial charge in [0.25, 0.3) is 0 Å². The fourth-order valence-corrected chi connectivity index (χ4v) is 1.89. The van der Waals surface area contributed by atoms with E-state index < -0.39 is 11.9 Å². The van der Waals surface area contributed by atoms with Crippen molar-refractivity contribution >= 4 is 11.8 Å². The molecule has 1 aliphatic rings. The van der Waals surface area contributed by atoms with Gasteiger partial charge in [-0.3, -0.25) is 9.59 Å². The van der Waals surface area contributed by atoms with E-state index in [0.717, 1.165) is 25.9 Å². The fourth-order valence-electron chi connectivity index (χ4n) is 1.89. The van der Waals surface area contributed by atoms with Crippen LogP contribution in [0, 0.1) is 11.8 Å². The molecule has 0 aromatic carbocycles. The van der Waals surface area contributed by atoms with Gasteiger partial charge in [0.15, 0.2) is 0 Å². The van der Waals surface area contributed by atoms with Crippen LogP contribution >= 0.6 is 0 Å². The van der Waals surface area contributed by atoms with E-state index >= 15 is 0 Å². The van der Waals surface area contributed by atoms with Crippen LogP contribution in [0.3, 0.4) is 0 Å². The molecule has 0 saturated carbocycles. The third-order valence-corrected chi connectivity index (χ3v) is 2.79. The van der Waals surface area contributed by atoms with Crippen LogP contribution in [0.2, 0.25) is 0 Å². The molecule has 4 heteroatoms. The lowest BCUT2D eigenvalue weighted by atomic mass is 9.85. The Hall–Kier alpha value is -0.900. The molecule has 0 bridgehead atoms. The third-order valence-electron chi connectivity index (χ3n) is 2.79. The van der Waals surface area contributed by atoms with E-state index in [-0.39, 0.29) is 11.7 Å². The zero-order valence-corrected chi connectivity index (χ0v) is 8.45. The maximum absolute atomic E-state index is 11.8. The number of Topliss-reactive ketones (excluding diaryl/α,β-unsaturated/α-hetero) is 1. The molecule has 0 radical (unpaired) electrons. The number of hydrogen-bond donors (Lipinski definition) is 2. The summed E-state index contributed by atoms with van der Waals surface area (Å²) in [5, 5.41) is 12.0. The highest BCUT2D eigenvalue weighted by atomic mass is 16.4. The van der Waals surface area contributed by atoms with Gasteiger partial charge in [-0.2, -0.15) is 0 Å². The Labute approximate surface area is 83.7 Å². The molecule has 1 fully saturated rings. The zero-order valence-electron chi connectivity index (χ0n) is 8.45. The summed E-state index contributed by atoms with van der Waals surface area (Å²) in [5.74, 6) is -1.90. The Balaban J connectivity index is 2.56. The highest BCUT2D eigenvalue weighted by Crippen LogP contribution is 2.19. The van der Waals surface area contributed by atoms with Crippen molar-refractivity contribution in [3.05, 3.63) is 0 Å². The number of carbonyl (C=O) groups is 2. The monoisotopic (exact) mass is 199 g/mol. The molecular formula is C10H17NO3. The van der Waals surface area contributed by atoms with Crippen LogP contribution in [0.25, 0.3) is 0 Å². The summed E-state index contributed by atoms with van der Waals surface area (Å²) < 4.78 is 0. The Morgan fingerprint density at radius 3 is 2.43 bits per heavy atom. The number of piperidine rings is 1. The summed E-state index contributed by atoms with van der Waals surface area (Å²) in [4.78, 5) is 22.5. The Morgan fingerprint density at radius 1 is 1.43 bits per heavy atom. The lowest BCUT2D eigenvalue weighted by Gasteiger charge is -2.23. The van der Waals surface area contributed by atoms with Crippen molar-refractivity contribution in [2.75, 3.05) is 13.1 Å². The number of nitrogens with one attached hydrogen (secondary N) is 1. The minimum atomic E-state index is -0.976. The molecule has 0 unspecified atom stereocenters. The van der Waals surface area contributed by atoms with Crippen molar-refractivity contribution in [3.8, 4) is 0 Å². The minimum Gasteiger partial charge on any atom is -0.481 e. The highest BCUT2D eigenvalue weighted by molar-refractivity contribution is 5.99. The van der Waals surface area contributed by atoms with Crippen molar-refractivity contribution in [1.82, 2.24) is 5.32 Å². The minimum absolute atomic E-state index is 0.0442. The fraction of sp³-hybridized carbons (Fsp3) is 0.800. The van der Waals surface area contributed by atoms with Crippen molar-refractivity contribution in [2.45, 2.75) is 26.2 Å². The van der Waals surface area contributed by atoms with Crippen LogP contribution in [0.15, 0.2) is 0 Å². The van der Waals surface area contributed by atoms with E-state index in [2.05, 4.69) is 5.32 Å². The second-order valence-electron chi connectivity index (χ2n) is 3.73. The van der Waals surface area contributed by atoms with E-state index in [1.165, 1.54) is 0 Å². The predicted molar refractivity (Wildman–Crippen MR) is 52.0 cm³/mol. The zero-order chi connectivity index (χ0) is 10.6. The molecule has 0 aromatic rings. The molecule has 0 aromatic heterocycles. The number of hydrogen-bond acceptors (Lipinski definition) is 3. The van der Waals surface area contributed by atoms with Crippen molar-refractivity contribution in [2.24, 2.45) is 11.8 Å². The molecule has 80 valence electrons. The molecule has 1 saturated heterocycles. The summed E-state index contributed by atoms with van der Waals surface area (Å²) in [5.41, 5.74) is 0. The van der Waals surface area contributed by atoms with Crippen molar-refractivity contribution in [1.29, 1.82) is 0 Å². The number of rotatable bonds is 4. The van der Waals surface area contributed by atoms with Gasteiger partial charge in [0.1, 0.15) is 11.7 Å². The number of ketones is 1. The molecule has 0 aliphatic carbocycles. The lowest BCUT2D eigenvalue weighted by molar-refractivity contribution is -0.147. The van der Waals surface area contributed by atoms with Crippen molar-refractivity contribution < 1.29 is 14.7 Å². The molecule has 1 aliphatic heterocycles. The quantitative estimate of drug-likeness (QED) is 0.653. The molecule has 0 spiro atoms. The van der Waals surface area contributed by atoms with Gasteiger partial charge in [-0.15, -0.1) is 0 Å². The standard InChI is InChI=1S/C10H17NO3/c1-2-8(10(13)14)9(12)7-3-5-11-6-4-7/h7-8,11H,2-6H2,1H3,(H,13,14)/t8-/m0/s1. The topological polar surface area (TPSA) is 66.4 Å². The summed E-state index contributed by atoms with van der Waals surface area (Å²) in [6, 6.07) is 0. The first-order valence-electron chi connectivity index (χ1n) is 5.14. The summed E-state index contributed by atoms with van der Waals surface area (Å²) in [7, 11) is 0. The first-order valence-corrected chi connectivity index (χ1v) is 5.14. The second kappa shape index (κ2) is 5.10. The largest absolute Gasteiger partial charge is 0.481 e. The smallest absolute Gasteiger partial charge is 0.314 e. The molecular weight excluding hydrogens is 182 g/mol. The third kappa shape index (κ3) is 2.54. The highest BCUT2D eigenvalue weighted by Gasteiger charge is 2.31. The van der Waals surface area contributed by atoms with Crippen LogP contribution in [0.4, 0.5) is 0 Å². The Morgan fingerprint density at radius 2 is 2.00 bits per heavy atom. The van der Waals surface area contributed by atoms with Gasteiger partial charge in [0.05, 0.1) is 0 Å². The van der Waals surface area contributed by atoms with E-state index in [1.807, 2.05) is 0 Å². The molecule has 0 amide bonds. The molecule has 14 heavy (non-hydrogen) atoms. The van der Waals surface area contributed by atoms with Gasteiger partial charge < -0.3 is 10.4 Å². The van der Waals surface area contributed by atoms with Crippen LogP contribution in [-0.4, -0.2) is 29.9 Å². The molecule has 1 rings (SSSR count). The SMILES string of the molecule is CC[C@H](C(=O)O)C(=O)C1CCNCC1. The van der Waals surface area contributed by atoms with E-state index in [9.17, 15) is 9.59 Å². The van der Waals surface area contributed by atoms with E-state index in [1.54, 1.807) is 6.92 Å². The van der Waals surface area contributed by atoms with Gasteiger partial charge in [-0.25, -0.2) is 0 Å². The van der Waals surface area contributed by atoms with Crippen LogP contribution in [0.1, 0.15) is 26.2 Å². The summed E-state index contributed by atoms with van der Waals surface area (Å²) in [6.07, 6.45) is 1.96. The first-order chi connectivity index (χ1) is 6.66. The van der Waals surface area contributed by atoms with E-state index in [0.29, 0.717) is 6.42 Å². The van der Waals surface area contributed by atoms with Gasteiger partial charge in [0.2, 0.25) is 0 Å². The average molecular weight is 199 g/mol. The molecule has 1 atom stereocenters. The Bertz CT molecular complexity index is 221. The summed E-state index contributed by atoms with van der Waals surface area (Å²) in [6.45, 7) is 3.40. The van der Waals surface area contributed by atoms with Crippen LogP contribution in [0.5, 0.6) is 0 Å². The number of carboxylic acid groups (broad SMARTS) is 1. The number of carbonyl (C=O) groups excluding carboxylic acids is 1. The number of carboxylic acids is 1. The number of aliphatic carboxylic acids is 1. The normalized spacial score (nSPS) is 20.4. The van der Waals surface area contributed by atoms with E-state index in [4.69, 9.17) is 5.11 Å². The van der Waals surface area contributed by atoms with Crippen LogP contribution < -0.4 is 5.32 Å². The average Bonchev–Trinajstić information content (AvgIpc) is 2.19. The molecule has 4 nitrogen and oxygen atoms in total. The van der Waals surface area contributed by atoms with Crippen LogP contribution in [-0.2, 0) is 9.59 Å². The van der Waals surface area contributed by atoms with Crippen molar-refractivity contribution in [3.63, 3.8) is 0 Å². The van der Waals surface area contributed by atoms with Gasteiger partial charge in [-0.1, -0.05) is 6.92 Å². The first kappa shape index (κ1) is 11.2. The van der Waals surface area contributed by atoms with Gasteiger partial charge >= 0.3 is 5.97 Å². The lowest BCUT2D eigenvalue weighted by Crippen LogP contribution is -2.36.